The van der Waals surface area contributed by atoms with Crippen molar-refractivity contribution in [3.05, 3.63) is 47.3 Å². The van der Waals surface area contributed by atoms with E-state index in [1.807, 2.05) is 0 Å². The molecule has 2 aromatic carbocycles. The molecule has 0 saturated carbocycles. The Morgan fingerprint density at radius 2 is 1.66 bits per heavy atom. The summed E-state index contributed by atoms with van der Waals surface area (Å²) in [6, 6.07) is 0.978. The Hall–Kier alpha value is -3.84. The molecule has 0 bridgehead atoms. The molecule has 0 aromatic heterocycles. The quantitative estimate of drug-likeness (QED) is 0.259. The Morgan fingerprint density at radius 3 is 2.29 bits per heavy atom. The standard InChI is InChI=1S/C21H15F7N2O5/c1-29(4-3-16(32)34-2)15(31)8-30-13-6-9(10-5-12(23)18(25)19(26)17(10)24)11(22)7-14(13)35-21(27,28)20(30)33/h5-7H,3-4,8H2,1-2H3. The molecular weight excluding hydrogens is 493 g/mol. The first-order valence-corrected chi connectivity index (χ1v) is 9.65. The highest BCUT2D eigenvalue weighted by molar-refractivity contribution is 6.05. The first-order chi connectivity index (χ1) is 16.3. The predicted octanol–water partition coefficient (Wildman–Crippen LogP) is 3.39. The normalized spacial score (nSPS) is 14.3. The number of hydrogen-bond acceptors (Lipinski definition) is 5. The van der Waals surface area contributed by atoms with Gasteiger partial charge in [-0.25, -0.2) is 22.0 Å². The molecule has 1 aliphatic heterocycles. The fraction of sp³-hybridized carbons (Fsp3) is 0.286. The third-order valence-corrected chi connectivity index (χ3v) is 5.06. The highest BCUT2D eigenvalue weighted by atomic mass is 19.3. The van der Waals surface area contributed by atoms with Crippen LogP contribution in [0.2, 0.25) is 0 Å². The second-order valence-electron chi connectivity index (χ2n) is 7.30. The molecular formula is C21H15F7N2O5. The van der Waals surface area contributed by atoms with Crippen LogP contribution in [0, 0.1) is 29.1 Å². The number of methoxy groups -OCH3 is 1. The summed E-state index contributed by atoms with van der Waals surface area (Å²) >= 11 is 0. The molecule has 3 rings (SSSR count). The molecule has 35 heavy (non-hydrogen) atoms. The van der Waals surface area contributed by atoms with Crippen molar-refractivity contribution in [2.45, 2.75) is 12.5 Å². The highest BCUT2D eigenvalue weighted by Gasteiger charge is 2.51. The molecule has 2 aromatic rings. The monoisotopic (exact) mass is 508 g/mol. The van der Waals surface area contributed by atoms with E-state index in [-0.39, 0.29) is 23.9 Å². The number of ether oxygens (including phenoxy) is 2. The lowest BCUT2D eigenvalue weighted by Crippen LogP contribution is -2.53. The van der Waals surface area contributed by atoms with Crippen molar-refractivity contribution in [2.75, 3.05) is 32.1 Å². The van der Waals surface area contributed by atoms with Crippen molar-refractivity contribution in [1.82, 2.24) is 4.90 Å². The van der Waals surface area contributed by atoms with Crippen molar-refractivity contribution in [2.24, 2.45) is 0 Å². The fourth-order valence-corrected chi connectivity index (χ4v) is 3.16. The number of anilines is 1. The smallest absolute Gasteiger partial charge is 0.469 e. The number of amides is 2. The van der Waals surface area contributed by atoms with Crippen LogP contribution in [0.25, 0.3) is 11.1 Å². The van der Waals surface area contributed by atoms with Gasteiger partial charge in [-0.2, -0.15) is 8.78 Å². The van der Waals surface area contributed by atoms with Crippen LogP contribution >= 0.6 is 0 Å². The Kier molecular flexibility index (Phi) is 6.94. The van der Waals surface area contributed by atoms with E-state index in [2.05, 4.69) is 9.47 Å². The van der Waals surface area contributed by atoms with Crippen LogP contribution in [0.5, 0.6) is 5.75 Å². The molecule has 7 nitrogen and oxygen atoms in total. The van der Waals surface area contributed by atoms with E-state index < -0.39 is 82.1 Å². The second-order valence-corrected chi connectivity index (χ2v) is 7.30. The molecule has 2 amide bonds. The first-order valence-electron chi connectivity index (χ1n) is 9.65. The molecule has 0 fully saturated rings. The zero-order valence-electron chi connectivity index (χ0n) is 17.9. The van der Waals surface area contributed by atoms with Gasteiger partial charge in [0.2, 0.25) is 5.91 Å². The number of nitrogens with zero attached hydrogens (tertiary/aromatic N) is 2. The zero-order valence-corrected chi connectivity index (χ0v) is 17.9. The summed E-state index contributed by atoms with van der Waals surface area (Å²) in [5.74, 6) is -14.4. The number of alkyl halides is 2. The van der Waals surface area contributed by atoms with Gasteiger partial charge < -0.3 is 14.4 Å². The summed E-state index contributed by atoms with van der Waals surface area (Å²) in [5, 5.41) is 0. The minimum Gasteiger partial charge on any atom is -0.469 e. The molecule has 0 atom stereocenters. The van der Waals surface area contributed by atoms with Crippen molar-refractivity contribution in [3.63, 3.8) is 0 Å². The predicted molar refractivity (Wildman–Crippen MR) is 104 cm³/mol. The number of benzene rings is 2. The average molecular weight is 508 g/mol. The molecule has 0 unspecified atom stereocenters. The summed E-state index contributed by atoms with van der Waals surface area (Å²) in [5.41, 5.74) is -2.71. The third-order valence-electron chi connectivity index (χ3n) is 5.06. The summed E-state index contributed by atoms with van der Waals surface area (Å²) in [7, 11) is 2.30. The van der Waals surface area contributed by atoms with Crippen molar-refractivity contribution >= 4 is 23.5 Å². The number of halogens is 7. The van der Waals surface area contributed by atoms with Crippen LogP contribution in [0.1, 0.15) is 6.42 Å². The van der Waals surface area contributed by atoms with Gasteiger partial charge in [0.05, 0.1) is 19.2 Å². The molecule has 0 N–H and O–H groups in total. The molecule has 188 valence electrons. The number of rotatable bonds is 6. The van der Waals surface area contributed by atoms with Crippen LogP contribution in [0.15, 0.2) is 18.2 Å². The van der Waals surface area contributed by atoms with E-state index in [0.717, 1.165) is 12.0 Å². The molecule has 0 saturated heterocycles. The van der Waals surface area contributed by atoms with Gasteiger partial charge in [0, 0.05) is 30.8 Å². The Labute approximate surface area is 192 Å². The lowest BCUT2D eigenvalue weighted by Gasteiger charge is -2.34. The van der Waals surface area contributed by atoms with Crippen LogP contribution in [-0.4, -0.2) is 56.0 Å². The van der Waals surface area contributed by atoms with E-state index in [4.69, 9.17) is 0 Å². The number of fused-ring (bicyclic) bond motifs is 1. The third kappa shape index (κ3) is 4.86. The number of carbonyl (C=O) groups is 3. The molecule has 0 radical (unpaired) electrons. The SMILES string of the molecule is COC(=O)CCN(C)C(=O)CN1C(=O)C(F)(F)Oc2cc(F)c(-c3cc(F)c(F)c(F)c3F)cc21. The maximum Gasteiger partial charge on any atom is 0.482 e. The van der Waals surface area contributed by atoms with Crippen molar-refractivity contribution < 1.29 is 54.6 Å². The summed E-state index contributed by atoms with van der Waals surface area (Å²) in [6.07, 6.45) is -4.77. The van der Waals surface area contributed by atoms with Gasteiger partial charge in [0.25, 0.3) is 0 Å². The number of likely N-dealkylation sites (N-methyl/N-ethyl adjacent to an activating group) is 1. The zero-order chi connectivity index (χ0) is 26.2. The summed E-state index contributed by atoms with van der Waals surface area (Å²) < 4.78 is 106. The Bertz CT molecular complexity index is 1220. The van der Waals surface area contributed by atoms with Crippen LogP contribution in [-0.2, 0) is 19.1 Å². The number of hydrogen-bond donors (Lipinski definition) is 0. The summed E-state index contributed by atoms with van der Waals surface area (Å²) in [4.78, 5) is 37.2. The average Bonchev–Trinajstić information content (AvgIpc) is 2.80. The largest absolute Gasteiger partial charge is 0.482 e. The molecule has 0 spiro atoms. The van der Waals surface area contributed by atoms with Gasteiger partial charge in [0.1, 0.15) is 12.4 Å². The molecule has 0 aliphatic carbocycles. The van der Waals surface area contributed by atoms with Crippen LogP contribution in [0.3, 0.4) is 0 Å². The van der Waals surface area contributed by atoms with E-state index in [0.29, 0.717) is 12.1 Å². The van der Waals surface area contributed by atoms with E-state index >= 15 is 0 Å². The van der Waals surface area contributed by atoms with E-state index in [9.17, 15) is 45.1 Å². The van der Waals surface area contributed by atoms with Crippen LogP contribution < -0.4 is 9.64 Å². The van der Waals surface area contributed by atoms with Gasteiger partial charge in [-0.05, 0) is 12.1 Å². The maximum atomic E-state index is 14.6. The lowest BCUT2D eigenvalue weighted by atomic mass is 10.0. The molecule has 14 heteroatoms. The molecule has 1 aliphatic rings. The van der Waals surface area contributed by atoms with Gasteiger partial charge in [0.15, 0.2) is 29.0 Å². The van der Waals surface area contributed by atoms with Gasteiger partial charge >= 0.3 is 18.0 Å². The minimum absolute atomic E-state index is 0.134. The van der Waals surface area contributed by atoms with Crippen molar-refractivity contribution in [1.29, 1.82) is 0 Å². The fourth-order valence-electron chi connectivity index (χ4n) is 3.16. The van der Waals surface area contributed by atoms with Gasteiger partial charge in [-0.15, -0.1) is 0 Å². The van der Waals surface area contributed by atoms with E-state index in [1.54, 1.807) is 0 Å². The van der Waals surface area contributed by atoms with Crippen LogP contribution in [0.4, 0.5) is 36.4 Å². The Morgan fingerprint density at radius 1 is 1.00 bits per heavy atom. The molecule has 1 heterocycles. The number of esters is 1. The van der Waals surface area contributed by atoms with E-state index in [1.165, 1.54) is 7.05 Å². The minimum atomic E-state index is -4.52. The number of carbonyl (C=O) groups excluding carboxylic acids is 3. The topological polar surface area (TPSA) is 76.2 Å². The summed E-state index contributed by atoms with van der Waals surface area (Å²) in [6.45, 7) is -1.26. The first kappa shape index (κ1) is 25.8. The Balaban J connectivity index is 2.05. The van der Waals surface area contributed by atoms with Crippen molar-refractivity contribution in [3.8, 4) is 16.9 Å². The van der Waals surface area contributed by atoms with Gasteiger partial charge in [-0.1, -0.05) is 0 Å². The lowest BCUT2D eigenvalue weighted by molar-refractivity contribution is -0.193. The maximum absolute atomic E-state index is 14.6. The van der Waals surface area contributed by atoms with Gasteiger partial charge in [-0.3, -0.25) is 19.3 Å². The highest BCUT2D eigenvalue weighted by Crippen LogP contribution is 2.43. The second kappa shape index (κ2) is 9.43.